The van der Waals surface area contributed by atoms with Crippen LogP contribution in [0.4, 0.5) is 5.82 Å². The quantitative estimate of drug-likeness (QED) is 0.374. The molecule has 0 atom stereocenters. The largest absolute Gasteiger partial charge is 0.491 e. The Morgan fingerprint density at radius 3 is 2.44 bits per heavy atom. The zero-order valence-electron chi connectivity index (χ0n) is 13.4. The normalized spacial score (nSPS) is 11.1. The number of hydrogen-bond acceptors (Lipinski definition) is 6. The first kappa shape index (κ1) is 19.4. The molecule has 0 spiro atoms. The second kappa shape index (κ2) is 8.93. The fourth-order valence-corrected chi connectivity index (χ4v) is 3.18. The second-order valence-corrected chi connectivity index (χ2v) is 7.15. The maximum absolute atomic E-state index is 12.4. The molecule has 0 bridgehead atoms. The number of Topliss-reactive ketones (excluding diaryl/α,β-unsaturated/α-hetero) is 1. The number of anilines is 1. The average molecular weight is 429 g/mol. The molecule has 9 heteroatoms. The van der Waals surface area contributed by atoms with Crippen molar-refractivity contribution in [3.8, 4) is 5.75 Å². The van der Waals surface area contributed by atoms with Crippen molar-refractivity contribution in [1.29, 1.82) is 0 Å². The summed E-state index contributed by atoms with van der Waals surface area (Å²) in [4.78, 5) is 15.5. The van der Waals surface area contributed by atoms with Crippen LogP contribution in [0, 0.1) is 0 Å². The SMILES string of the molecule is COCCOc1ccc(S(=O)(=O)Nc2ccc(C(=O)CBr)cn2)cc1. The number of sulfonamides is 1. The van der Waals surface area contributed by atoms with Crippen LogP contribution >= 0.6 is 15.9 Å². The number of alkyl halides is 1. The van der Waals surface area contributed by atoms with Gasteiger partial charge in [-0.1, -0.05) is 15.9 Å². The molecule has 1 aromatic heterocycles. The van der Waals surface area contributed by atoms with Crippen LogP contribution in [0.15, 0.2) is 47.5 Å². The number of rotatable bonds is 9. The highest BCUT2D eigenvalue weighted by Gasteiger charge is 2.15. The van der Waals surface area contributed by atoms with E-state index in [-0.39, 0.29) is 21.8 Å². The number of carbonyl (C=O) groups excluding carboxylic acids is 1. The molecule has 0 saturated carbocycles. The fourth-order valence-electron chi connectivity index (χ4n) is 1.85. The minimum Gasteiger partial charge on any atom is -0.491 e. The molecule has 0 fully saturated rings. The number of nitrogens with one attached hydrogen (secondary N) is 1. The Morgan fingerprint density at radius 2 is 1.88 bits per heavy atom. The molecule has 2 rings (SSSR count). The third kappa shape index (κ3) is 5.52. The van der Waals surface area contributed by atoms with E-state index in [4.69, 9.17) is 9.47 Å². The van der Waals surface area contributed by atoms with Crippen LogP contribution in [0.1, 0.15) is 10.4 Å². The van der Waals surface area contributed by atoms with Crippen LogP contribution in [0.5, 0.6) is 5.75 Å². The molecule has 0 unspecified atom stereocenters. The van der Waals surface area contributed by atoms with Crippen LogP contribution in [0.25, 0.3) is 0 Å². The third-order valence-electron chi connectivity index (χ3n) is 3.14. The number of methoxy groups -OCH3 is 1. The summed E-state index contributed by atoms with van der Waals surface area (Å²) in [5.41, 5.74) is 0.400. The molecule has 1 heterocycles. The van der Waals surface area contributed by atoms with Crippen molar-refractivity contribution in [2.45, 2.75) is 4.90 Å². The van der Waals surface area contributed by atoms with E-state index >= 15 is 0 Å². The first-order chi connectivity index (χ1) is 12.0. The summed E-state index contributed by atoms with van der Waals surface area (Å²) in [7, 11) is -2.21. The van der Waals surface area contributed by atoms with Gasteiger partial charge in [-0.15, -0.1) is 0 Å². The van der Waals surface area contributed by atoms with E-state index in [1.165, 1.54) is 30.5 Å². The van der Waals surface area contributed by atoms with Gasteiger partial charge in [-0.3, -0.25) is 9.52 Å². The van der Waals surface area contributed by atoms with E-state index < -0.39 is 10.0 Å². The summed E-state index contributed by atoms with van der Waals surface area (Å²) < 4.78 is 37.4. The molecule has 0 aliphatic carbocycles. The van der Waals surface area contributed by atoms with Crippen molar-refractivity contribution in [3.05, 3.63) is 48.2 Å². The number of carbonyl (C=O) groups is 1. The van der Waals surface area contributed by atoms with Crippen molar-refractivity contribution >= 4 is 37.6 Å². The van der Waals surface area contributed by atoms with E-state index in [0.717, 1.165) is 0 Å². The Balaban J connectivity index is 2.06. The summed E-state index contributed by atoms with van der Waals surface area (Å²) >= 11 is 3.07. The van der Waals surface area contributed by atoms with Gasteiger partial charge in [0.15, 0.2) is 5.78 Å². The zero-order valence-corrected chi connectivity index (χ0v) is 15.8. The van der Waals surface area contributed by atoms with Crippen molar-refractivity contribution in [2.75, 3.05) is 30.4 Å². The maximum Gasteiger partial charge on any atom is 0.263 e. The molecule has 134 valence electrons. The molecular weight excluding hydrogens is 412 g/mol. The minimum atomic E-state index is -3.78. The number of benzene rings is 1. The second-order valence-electron chi connectivity index (χ2n) is 4.91. The van der Waals surface area contributed by atoms with Crippen molar-refractivity contribution in [3.63, 3.8) is 0 Å². The molecule has 0 aliphatic heterocycles. The van der Waals surface area contributed by atoms with Crippen molar-refractivity contribution in [2.24, 2.45) is 0 Å². The Bertz CT molecular complexity index is 807. The maximum atomic E-state index is 12.4. The molecule has 7 nitrogen and oxygen atoms in total. The van der Waals surface area contributed by atoms with Gasteiger partial charge in [0.2, 0.25) is 0 Å². The fraction of sp³-hybridized carbons (Fsp3) is 0.250. The number of hydrogen-bond donors (Lipinski definition) is 1. The summed E-state index contributed by atoms with van der Waals surface area (Å²) in [5.74, 6) is 0.546. The smallest absolute Gasteiger partial charge is 0.263 e. The molecule has 0 amide bonds. The summed E-state index contributed by atoms with van der Waals surface area (Å²) in [6.07, 6.45) is 1.33. The highest BCUT2D eigenvalue weighted by atomic mass is 79.9. The number of pyridine rings is 1. The van der Waals surface area contributed by atoms with Gasteiger partial charge in [0.1, 0.15) is 18.2 Å². The molecule has 1 aromatic carbocycles. The number of ketones is 1. The molecular formula is C16H17BrN2O5S. The van der Waals surface area contributed by atoms with Gasteiger partial charge in [-0.25, -0.2) is 13.4 Å². The molecule has 25 heavy (non-hydrogen) atoms. The Hall–Kier alpha value is -1.97. The highest BCUT2D eigenvalue weighted by molar-refractivity contribution is 9.09. The number of halogens is 1. The average Bonchev–Trinajstić information content (AvgIpc) is 2.62. The third-order valence-corrected chi connectivity index (χ3v) is 5.02. The van der Waals surface area contributed by atoms with Crippen LogP contribution in [0.2, 0.25) is 0 Å². The molecule has 1 N–H and O–H groups in total. The zero-order chi connectivity index (χ0) is 18.3. The van der Waals surface area contributed by atoms with Gasteiger partial charge < -0.3 is 9.47 Å². The van der Waals surface area contributed by atoms with Gasteiger partial charge in [-0.05, 0) is 36.4 Å². The van der Waals surface area contributed by atoms with Gasteiger partial charge >= 0.3 is 0 Å². The topological polar surface area (TPSA) is 94.6 Å². The molecule has 0 saturated heterocycles. The lowest BCUT2D eigenvalue weighted by Gasteiger charge is -2.09. The van der Waals surface area contributed by atoms with Crippen molar-refractivity contribution in [1.82, 2.24) is 4.98 Å². The predicted octanol–water partition coefficient (Wildman–Crippen LogP) is 2.49. The van der Waals surface area contributed by atoms with Crippen LogP contribution in [-0.2, 0) is 14.8 Å². The standard InChI is InChI=1S/C16H17BrN2O5S/c1-23-8-9-24-13-3-5-14(6-4-13)25(21,22)19-16-7-2-12(11-18-16)15(20)10-17/h2-7,11H,8-10H2,1H3,(H,18,19). The Labute approximate surface area is 154 Å². The minimum absolute atomic E-state index is 0.0778. The van der Waals surface area contributed by atoms with Gasteiger partial charge in [0.05, 0.1) is 16.8 Å². The predicted molar refractivity (Wildman–Crippen MR) is 97.0 cm³/mol. The van der Waals surface area contributed by atoms with Crippen LogP contribution in [0.3, 0.4) is 0 Å². The van der Waals surface area contributed by atoms with Crippen LogP contribution in [-0.4, -0.2) is 44.8 Å². The molecule has 0 aliphatic rings. The number of nitrogens with zero attached hydrogens (tertiary/aromatic N) is 1. The summed E-state index contributed by atoms with van der Waals surface area (Å²) in [6.45, 7) is 0.824. The lowest BCUT2D eigenvalue weighted by atomic mass is 10.2. The van der Waals surface area contributed by atoms with E-state index in [9.17, 15) is 13.2 Å². The van der Waals surface area contributed by atoms with Crippen molar-refractivity contribution < 1.29 is 22.7 Å². The lowest BCUT2D eigenvalue weighted by Crippen LogP contribution is -2.14. The first-order valence-corrected chi connectivity index (χ1v) is 9.86. The number of aromatic nitrogens is 1. The molecule has 2 aromatic rings. The van der Waals surface area contributed by atoms with E-state index in [2.05, 4.69) is 25.6 Å². The highest BCUT2D eigenvalue weighted by Crippen LogP contribution is 2.18. The van der Waals surface area contributed by atoms with E-state index in [1.54, 1.807) is 19.2 Å². The van der Waals surface area contributed by atoms with Gasteiger partial charge in [0, 0.05) is 18.9 Å². The Kier molecular flexibility index (Phi) is 6.91. The van der Waals surface area contributed by atoms with E-state index in [1.807, 2.05) is 0 Å². The summed E-state index contributed by atoms with van der Waals surface area (Å²) in [5, 5.41) is 0.179. The lowest BCUT2D eigenvalue weighted by molar-refractivity contribution is 0.102. The van der Waals surface area contributed by atoms with E-state index in [0.29, 0.717) is 24.5 Å². The Morgan fingerprint density at radius 1 is 1.16 bits per heavy atom. The first-order valence-electron chi connectivity index (χ1n) is 7.26. The van der Waals surface area contributed by atoms with Gasteiger partial charge in [-0.2, -0.15) is 0 Å². The van der Waals surface area contributed by atoms with Gasteiger partial charge in [0.25, 0.3) is 10.0 Å². The summed E-state index contributed by atoms with van der Waals surface area (Å²) in [6, 6.07) is 8.96. The monoisotopic (exact) mass is 428 g/mol. The van der Waals surface area contributed by atoms with Crippen LogP contribution < -0.4 is 9.46 Å². The number of ether oxygens (including phenoxy) is 2. The molecule has 0 radical (unpaired) electrons.